The third kappa shape index (κ3) is 5.02. The largest absolute Gasteiger partial charge is 0.497 e. The molecule has 0 spiro atoms. The molecule has 0 saturated carbocycles. The lowest BCUT2D eigenvalue weighted by molar-refractivity contribution is -0.120. The number of rotatable bonds is 7. The Morgan fingerprint density at radius 3 is 2.70 bits per heavy atom. The summed E-state index contributed by atoms with van der Waals surface area (Å²) in [6, 6.07) is 14.9. The Bertz CT molecular complexity index is 914. The van der Waals surface area contributed by atoms with Gasteiger partial charge in [0.15, 0.2) is 5.82 Å². The van der Waals surface area contributed by atoms with Crippen LogP contribution in [0.25, 0.3) is 11.4 Å². The average Bonchev–Trinajstić information content (AvgIpc) is 3.17. The fourth-order valence-corrected chi connectivity index (χ4v) is 3.52. The van der Waals surface area contributed by atoms with E-state index in [9.17, 15) is 4.79 Å². The highest BCUT2D eigenvalue weighted by Gasteiger charge is 2.16. The molecule has 2 N–H and O–H groups in total. The van der Waals surface area contributed by atoms with E-state index in [1.54, 1.807) is 7.11 Å². The summed E-state index contributed by atoms with van der Waals surface area (Å²) in [4.78, 5) is 17.6. The van der Waals surface area contributed by atoms with E-state index in [0.29, 0.717) is 16.7 Å². The molecule has 1 aromatic heterocycles. The van der Waals surface area contributed by atoms with Crippen molar-refractivity contribution in [2.24, 2.45) is 0 Å². The van der Waals surface area contributed by atoms with Gasteiger partial charge in [-0.25, -0.2) is 4.98 Å². The molecule has 1 atom stereocenters. The summed E-state index contributed by atoms with van der Waals surface area (Å²) < 4.78 is 5.14. The standard InChI is InChI=1S/C19H19ClN4O2S/c1-12(27-16-6-4-3-5-15(16)20)19(25)21-11-17-22-18(24-23-17)13-7-9-14(26-2)10-8-13/h3-10,12H,11H2,1-2H3,(H,21,25)(H,22,23,24). The van der Waals surface area contributed by atoms with Gasteiger partial charge in [0.25, 0.3) is 0 Å². The molecule has 0 aliphatic rings. The van der Waals surface area contributed by atoms with Crippen LogP contribution in [0.4, 0.5) is 0 Å². The number of aromatic nitrogens is 3. The molecule has 0 aliphatic heterocycles. The minimum absolute atomic E-state index is 0.0951. The van der Waals surface area contributed by atoms with Gasteiger partial charge in [-0.3, -0.25) is 9.89 Å². The summed E-state index contributed by atoms with van der Waals surface area (Å²) in [7, 11) is 1.62. The molecule has 2 aromatic carbocycles. The van der Waals surface area contributed by atoms with E-state index in [1.807, 2.05) is 55.5 Å². The normalized spacial score (nSPS) is 11.8. The third-order valence-electron chi connectivity index (χ3n) is 3.82. The van der Waals surface area contributed by atoms with Gasteiger partial charge in [0.2, 0.25) is 5.91 Å². The van der Waals surface area contributed by atoms with Gasteiger partial charge >= 0.3 is 0 Å². The predicted octanol–water partition coefficient (Wildman–Crippen LogP) is 3.93. The van der Waals surface area contributed by atoms with Crippen LogP contribution in [0.15, 0.2) is 53.4 Å². The quantitative estimate of drug-likeness (QED) is 0.585. The second-order valence-electron chi connectivity index (χ2n) is 5.74. The molecule has 0 saturated heterocycles. The first kappa shape index (κ1) is 19.3. The fourth-order valence-electron chi connectivity index (χ4n) is 2.34. The summed E-state index contributed by atoms with van der Waals surface area (Å²) in [5.41, 5.74) is 0.868. The Kier molecular flexibility index (Phi) is 6.36. The number of ether oxygens (including phenoxy) is 1. The van der Waals surface area contributed by atoms with Crippen LogP contribution >= 0.6 is 23.4 Å². The first-order valence-electron chi connectivity index (χ1n) is 8.31. The number of hydrogen-bond acceptors (Lipinski definition) is 5. The zero-order chi connectivity index (χ0) is 19.2. The first-order chi connectivity index (χ1) is 13.1. The van der Waals surface area contributed by atoms with Crippen LogP contribution in [-0.2, 0) is 11.3 Å². The number of amides is 1. The van der Waals surface area contributed by atoms with Crippen molar-refractivity contribution in [2.45, 2.75) is 23.6 Å². The maximum Gasteiger partial charge on any atom is 0.233 e. The van der Waals surface area contributed by atoms with Crippen LogP contribution in [0.3, 0.4) is 0 Å². The van der Waals surface area contributed by atoms with E-state index < -0.39 is 0 Å². The van der Waals surface area contributed by atoms with E-state index >= 15 is 0 Å². The molecule has 27 heavy (non-hydrogen) atoms. The lowest BCUT2D eigenvalue weighted by atomic mass is 10.2. The molecular weight excluding hydrogens is 384 g/mol. The van der Waals surface area contributed by atoms with E-state index in [-0.39, 0.29) is 17.7 Å². The van der Waals surface area contributed by atoms with Gasteiger partial charge in [-0.05, 0) is 43.3 Å². The number of methoxy groups -OCH3 is 1. The highest BCUT2D eigenvalue weighted by molar-refractivity contribution is 8.00. The van der Waals surface area contributed by atoms with Crippen molar-refractivity contribution in [2.75, 3.05) is 7.11 Å². The Morgan fingerprint density at radius 2 is 2.00 bits per heavy atom. The van der Waals surface area contributed by atoms with Crippen molar-refractivity contribution in [1.82, 2.24) is 20.5 Å². The summed E-state index contributed by atoms with van der Waals surface area (Å²) in [6.45, 7) is 2.11. The van der Waals surface area contributed by atoms with E-state index in [2.05, 4.69) is 20.5 Å². The second-order valence-corrected chi connectivity index (χ2v) is 7.53. The predicted molar refractivity (Wildman–Crippen MR) is 107 cm³/mol. The molecule has 8 heteroatoms. The summed E-state index contributed by atoms with van der Waals surface area (Å²) in [5.74, 6) is 1.83. The van der Waals surface area contributed by atoms with E-state index in [0.717, 1.165) is 16.2 Å². The van der Waals surface area contributed by atoms with Crippen molar-refractivity contribution >= 4 is 29.3 Å². The Balaban J connectivity index is 1.56. The third-order valence-corrected chi connectivity index (χ3v) is 5.44. The molecule has 0 bridgehead atoms. The zero-order valence-corrected chi connectivity index (χ0v) is 16.5. The summed E-state index contributed by atoms with van der Waals surface area (Å²) in [6.07, 6.45) is 0. The number of nitrogens with one attached hydrogen (secondary N) is 2. The van der Waals surface area contributed by atoms with Crippen molar-refractivity contribution in [3.8, 4) is 17.1 Å². The smallest absolute Gasteiger partial charge is 0.233 e. The van der Waals surface area contributed by atoms with Gasteiger partial charge in [0.1, 0.15) is 11.6 Å². The number of thioether (sulfide) groups is 1. The van der Waals surface area contributed by atoms with Crippen molar-refractivity contribution < 1.29 is 9.53 Å². The lowest BCUT2D eigenvalue weighted by Crippen LogP contribution is -2.30. The molecule has 0 fully saturated rings. The molecule has 1 amide bonds. The van der Waals surface area contributed by atoms with Crippen molar-refractivity contribution in [3.05, 3.63) is 59.4 Å². The van der Waals surface area contributed by atoms with Crippen LogP contribution in [0, 0.1) is 0 Å². The molecule has 0 aliphatic carbocycles. The zero-order valence-electron chi connectivity index (χ0n) is 14.9. The number of H-pyrrole nitrogens is 1. The number of halogens is 1. The maximum atomic E-state index is 12.3. The van der Waals surface area contributed by atoms with Crippen LogP contribution in [0.1, 0.15) is 12.7 Å². The van der Waals surface area contributed by atoms with Gasteiger partial charge in [-0.2, -0.15) is 5.10 Å². The minimum Gasteiger partial charge on any atom is -0.497 e. The van der Waals surface area contributed by atoms with Crippen molar-refractivity contribution in [3.63, 3.8) is 0 Å². The monoisotopic (exact) mass is 402 g/mol. The van der Waals surface area contributed by atoms with Gasteiger partial charge in [-0.15, -0.1) is 11.8 Å². The highest BCUT2D eigenvalue weighted by Crippen LogP contribution is 2.30. The topological polar surface area (TPSA) is 79.9 Å². The van der Waals surface area contributed by atoms with Gasteiger partial charge in [0, 0.05) is 10.5 Å². The van der Waals surface area contributed by atoms with Crippen molar-refractivity contribution in [1.29, 1.82) is 0 Å². The average molecular weight is 403 g/mol. The van der Waals surface area contributed by atoms with Crippen LogP contribution < -0.4 is 10.1 Å². The van der Waals surface area contributed by atoms with Crippen LogP contribution in [0.5, 0.6) is 5.75 Å². The summed E-state index contributed by atoms with van der Waals surface area (Å²) in [5, 5.41) is 10.3. The van der Waals surface area contributed by atoms with Crippen LogP contribution in [0.2, 0.25) is 5.02 Å². The number of benzene rings is 2. The first-order valence-corrected chi connectivity index (χ1v) is 9.57. The molecule has 3 rings (SSSR count). The van der Waals surface area contributed by atoms with Gasteiger partial charge < -0.3 is 10.1 Å². The molecule has 0 radical (unpaired) electrons. The molecule has 140 valence electrons. The van der Waals surface area contributed by atoms with Gasteiger partial charge in [0.05, 0.1) is 23.9 Å². The van der Waals surface area contributed by atoms with Gasteiger partial charge in [-0.1, -0.05) is 23.7 Å². The number of nitrogens with zero attached hydrogens (tertiary/aromatic N) is 2. The number of carbonyl (C=O) groups excluding carboxylic acids is 1. The highest BCUT2D eigenvalue weighted by atomic mass is 35.5. The van der Waals surface area contributed by atoms with E-state index in [4.69, 9.17) is 16.3 Å². The molecular formula is C19H19ClN4O2S. The molecule has 6 nitrogen and oxygen atoms in total. The number of aromatic amines is 1. The number of hydrogen-bond donors (Lipinski definition) is 2. The molecule has 3 aromatic rings. The van der Waals surface area contributed by atoms with E-state index in [1.165, 1.54) is 11.8 Å². The molecule has 1 heterocycles. The molecule has 1 unspecified atom stereocenters. The Hall–Kier alpha value is -2.51. The SMILES string of the molecule is COc1ccc(-c2n[nH]c(CNC(=O)C(C)Sc3ccccc3Cl)n2)cc1. The fraction of sp³-hybridized carbons (Fsp3) is 0.211. The number of carbonyl (C=O) groups is 1. The summed E-state index contributed by atoms with van der Waals surface area (Å²) >= 11 is 7.56. The lowest BCUT2D eigenvalue weighted by Gasteiger charge is -2.12. The second kappa shape index (κ2) is 8.92. The van der Waals surface area contributed by atoms with Crippen LogP contribution in [-0.4, -0.2) is 33.4 Å². The minimum atomic E-state index is -0.283. The Morgan fingerprint density at radius 1 is 1.26 bits per heavy atom. The maximum absolute atomic E-state index is 12.3. The Labute approximate surface area is 166 Å².